The molecule has 0 unspecified atom stereocenters. The summed E-state index contributed by atoms with van der Waals surface area (Å²) in [5.41, 5.74) is -2.47. The SMILES string of the molecule is FC(F)c1cc(Br)c(C(F)(F)F)c(CCl)n1. The summed E-state index contributed by atoms with van der Waals surface area (Å²) in [5, 5.41) is 0. The summed E-state index contributed by atoms with van der Waals surface area (Å²) in [6.45, 7) is 0. The lowest BCUT2D eigenvalue weighted by Crippen LogP contribution is -2.12. The quantitative estimate of drug-likeness (QED) is 0.575. The molecule has 1 rings (SSSR count). The van der Waals surface area contributed by atoms with E-state index in [-0.39, 0.29) is 0 Å². The van der Waals surface area contributed by atoms with Gasteiger partial charge in [-0.1, -0.05) is 15.9 Å². The first-order valence-corrected chi connectivity index (χ1v) is 5.20. The van der Waals surface area contributed by atoms with Crippen molar-refractivity contribution < 1.29 is 22.0 Å². The molecule has 0 atom stereocenters. The highest BCUT2D eigenvalue weighted by Gasteiger charge is 2.37. The first-order chi connectivity index (χ1) is 7.27. The minimum Gasteiger partial charge on any atom is -0.250 e. The minimum atomic E-state index is -4.68. The third kappa shape index (κ3) is 2.82. The summed E-state index contributed by atoms with van der Waals surface area (Å²) >= 11 is 7.85. The summed E-state index contributed by atoms with van der Waals surface area (Å²) in [4.78, 5) is 3.19. The molecule has 1 aromatic heterocycles. The molecular weight excluding hydrogens is 320 g/mol. The zero-order chi connectivity index (χ0) is 12.5. The van der Waals surface area contributed by atoms with Crippen molar-refractivity contribution in [2.75, 3.05) is 0 Å². The highest BCUT2D eigenvalue weighted by Crippen LogP contribution is 2.38. The van der Waals surface area contributed by atoms with Crippen molar-refractivity contribution in [3.05, 3.63) is 27.5 Å². The summed E-state index contributed by atoms with van der Waals surface area (Å²) in [5.74, 6) is -0.589. The largest absolute Gasteiger partial charge is 0.419 e. The van der Waals surface area contributed by atoms with Crippen molar-refractivity contribution in [1.29, 1.82) is 0 Å². The number of hydrogen-bond acceptors (Lipinski definition) is 1. The fourth-order valence-corrected chi connectivity index (χ4v) is 1.97. The van der Waals surface area contributed by atoms with Crippen LogP contribution in [0.15, 0.2) is 10.5 Å². The Morgan fingerprint density at radius 2 is 1.94 bits per heavy atom. The Bertz CT molecular complexity index is 393. The Morgan fingerprint density at radius 3 is 2.31 bits per heavy atom. The van der Waals surface area contributed by atoms with Crippen LogP contribution in [-0.2, 0) is 12.1 Å². The number of rotatable bonds is 2. The normalized spacial score (nSPS) is 12.2. The van der Waals surface area contributed by atoms with Crippen LogP contribution in [0.4, 0.5) is 22.0 Å². The topological polar surface area (TPSA) is 12.9 Å². The number of nitrogens with zero attached hydrogens (tertiary/aromatic N) is 1. The van der Waals surface area contributed by atoms with E-state index < -0.39 is 39.9 Å². The lowest BCUT2D eigenvalue weighted by atomic mass is 10.2. The van der Waals surface area contributed by atoms with E-state index in [4.69, 9.17) is 11.6 Å². The van der Waals surface area contributed by atoms with Crippen LogP contribution in [0.5, 0.6) is 0 Å². The van der Waals surface area contributed by atoms with E-state index in [1.807, 2.05) is 0 Å². The maximum absolute atomic E-state index is 12.5. The number of hydrogen-bond donors (Lipinski definition) is 0. The third-order valence-corrected chi connectivity index (χ3v) is 2.58. The molecule has 16 heavy (non-hydrogen) atoms. The molecule has 0 amide bonds. The molecule has 0 N–H and O–H groups in total. The van der Waals surface area contributed by atoms with Crippen molar-refractivity contribution >= 4 is 27.5 Å². The molecule has 1 heterocycles. The summed E-state index contributed by atoms with van der Waals surface area (Å²) < 4.78 is 61.6. The monoisotopic (exact) mass is 323 g/mol. The highest BCUT2D eigenvalue weighted by molar-refractivity contribution is 9.10. The smallest absolute Gasteiger partial charge is 0.250 e. The Balaban J connectivity index is 3.41. The molecule has 0 radical (unpaired) electrons. The van der Waals surface area contributed by atoms with Gasteiger partial charge in [-0.25, -0.2) is 13.8 Å². The average molecular weight is 324 g/mol. The van der Waals surface area contributed by atoms with Crippen LogP contribution in [0.3, 0.4) is 0 Å². The lowest BCUT2D eigenvalue weighted by Gasteiger charge is -2.14. The molecule has 0 saturated carbocycles. The van der Waals surface area contributed by atoms with Gasteiger partial charge in [0, 0.05) is 4.47 Å². The van der Waals surface area contributed by atoms with E-state index in [9.17, 15) is 22.0 Å². The van der Waals surface area contributed by atoms with E-state index in [1.54, 1.807) is 0 Å². The first-order valence-electron chi connectivity index (χ1n) is 3.88. The van der Waals surface area contributed by atoms with Gasteiger partial charge in [0.05, 0.1) is 17.1 Å². The van der Waals surface area contributed by atoms with E-state index in [1.165, 1.54) is 0 Å². The predicted octanol–water partition coefficient (Wildman–Crippen LogP) is 4.54. The van der Waals surface area contributed by atoms with Crippen LogP contribution in [0.1, 0.15) is 23.4 Å². The standard InChI is InChI=1S/C8H4BrClF5N/c9-3-1-4(7(11)12)16-5(2-10)6(3)8(13,14)15/h1,7H,2H2. The van der Waals surface area contributed by atoms with E-state index in [0.29, 0.717) is 6.07 Å². The predicted molar refractivity (Wildman–Crippen MR) is 51.5 cm³/mol. The molecule has 0 fully saturated rings. The van der Waals surface area contributed by atoms with Gasteiger partial charge < -0.3 is 0 Å². The zero-order valence-electron chi connectivity index (χ0n) is 7.45. The number of halogens is 7. The molecule has 8 heteroatoms. The zero-order valence-corrected chi connectivity index (χ0v) is 9.80. The van der Waals surface area contributed by atoms with Crippen molar-refractivity contribution in [2.24, 2.45) is 0 Å². The Kier molecular flexibility index (Phi) is 4.12. The van der Waals surface area contributed by atoms with E-state index in [0.717, 1.165) is 0 Å². The van der Waals surface area contributed by atoms with Gasteiger partial charge in [0.2, 0.25) is 0 Å². The molecule has 1 aromatic rings. The molecule has 0 aliphatic carbocycles. The van der Waals surface area contributed by atoms with Crippen LogP contribution in [0, 0.1) is 0 Å². The van der Waals surface area contributed by atoms with Crippen LogP contribution in [0.25, 0.3) is 0 Å². The highest BCUT2D eigenvalue weighted by atomic mass is 79.9. The molecule has 0 aromatic carbocycles. The fraction of sp³-hybridized carbons (Fsp3) is 0.375. The molecule has 0 aliphatic rings. The molecular formula is C8H4BrClF5N. The second-order valence-corrected chi connectivity index (χ2v) is 3.90. The van der Waals surface area contributed by atoms with Crippen molar-refractivity contribution in [1.82, 2.24) is 4.98 Å². The first kappa shape index (κ1) is 13.6. The van der Waals surface area contributed by atoms with Crippen molar-refractivity contribution in [3.8, 4) is 0 Å². The van der Waals surface area contributed by atoms with E-state index >= 15 is 0 Å². The fourth-order valence-electron chi connectivity index (χ4n) is 1.09. The minimum absolute atomic E-state index is 0.485. The second kappa shape index (κ2) is 4.83. The molecule has 90 valence electrons. The second-order valence-electron chi connectivity index (χ2n) is 2.78. The van der Waals surface area contributed by atoms with Gasteiger partial charge in [0.15, 0.2) is 0 Å². The maximum atomic E-state index is 12.5. The van der Waals surface area contributed by atoms with Gasteiger partial charge in [0.25, 0.3) is 6.43 Å². The van der Waals surface area contributed by atoms with Gasteiger partial charge in [-0.15, -0.1) is 11.6 Å². The van der Waals surface area contributed by atoms with Gasteiger partial charge >= 0.3 is 6.18 Å². The lowest BCUT2D eigenvalue weighted by molar-refractivity contribution is -0.139. The summed E-state index contributed by atoms with van der Waals surface area (Å²) in [6, 6.07) is 0.642. The van der Waals surface area contributed by atoms with Crippen LogP contribution >= 0.6 is 27.5 Å². The Hall–Kier alpha value is -0.430. The molecule has 0 saturated heterocycles. The molecule has 0 bridgehead atoms. The molecule has 1 nitrogen and oxygen atoms in total. The van der Waals surface area contributed by atoms with Crippen molar-refractivity contribution in [3.63, 3.8) is 0 Å². The van der Waals surface area contributed by atoms with E-state index in [2.05, 4.69) is 20.9 Å². The van der Waals surface area contributed by atoms with Gasteiger partial charge in [-0.2, -0.15) is 13.2 Å². The van der Waals surface area contributed by atoms with Crippen LogP contribution in [0.2, 0.25) is 0 Å². The number of pyridine rings is 1. The Morgan fingerprint density at radius 1 is 1.38 bits per heavy atom. The number of alkyl halides is 6. The molecule has 0 spiro atoms. The van der Waals surface area contributed by atoms with Crippen LogP contribution < -0.4 is 0 Å². The van der Waals surface area contributed by atoms with Gasteiger partial charge in [-0.05, 0) is 6.07 Å². The maximum Gasteiger partial charge on any atom is 0.419 e. The molecule has 0 aliphatic heterocycles. The van der Waals surface area contributed by atoms with Crippen molar-refractivity contribution in [2.45, 2.75) is 18.5 Å². The van der Waals surface area contributed by atoms with Gasteiger partial charge in [-0.3, -0.25) is 0 Å². The van der Waals surface area contributed by atoms with Crippen LogP contribution in [-0.4, -0.2) is 4.98 Å². The number of aromatic nitrogens is 1. The van der Waals surface area contributed by atoms with Gasteiger partial charge in [0.1, 0.15) is 5.69 Å². The Labute approximate surface area is 101 Å². The average Bonchev–Trinajstić information content (AvgIpc) is 2.14. The summed E-state index contributed by atoms with van der Waals surface area (Å²) in [7, 11) is 0. The summed E-state index contributed by atoms with van der Waals surface area (Å²) in [6.07, 6.45) is -7.63. The third-order valence-electron chi connectivity index (χ3n) is 1.70.